The van der Waals surface area contributed by atoms with Crippen molar-refractivity contribution in [3.8, 4) is 5.75 Å². The van der Waals surface area contributed by atoms with E-state index in [-0.39, 0.29) is 18.4 Å². The third kappa shape index (κ3) is 6.74. The number of hydrogen-bond acceptors (Lipinski definition) is 4. The molecule has 0 radical (unpaired) electrons. The van der Waals surface area contributed by atoms with E-state index < -0.39 is 6.10 Å². The Morgan fingerprint density at radius 3 is 2.45 bits per heavy atom. The zero-order chi connectivity index (χ0) is 21.2. The molecule has 1 aliphatic rings. The molecular formula is C23H37N3O3. The molecule has 0 aliphatic carbocycles. The lowest BCUT2D eigenvalue weighted by Crippen LogP contribution is -2.50. The Balaban J connectivity index is 1.95. The second-order valence-electron chi connectivity index (χ2n) is 7.81. The van der Waals surface area contributed by atoms with Crippen LogP contribution in [0.2, 0.25) is 0 Å². The van der Waals surface area contributed by atoms with E-state index in [1.54, 1.807) is 4.90 Å². The topological polar surface area (TPSA) is 61.9 Å². The molecule has 0 bridgehead atoms. The molecule has 1 aliphatic heterocycles. The number of carbonyl (C=O) groups is 2. The summed E-state index contributed by atoms with van der Waals surface area (Å²) >= 11 is 0. The van der Waals surface area contributed by atoms with Crippen LogP contribution in [-0.2, 0) is 9.59 Å². The van der Waals surface area contributed by atoms with Gasteiger partial charge in [0, 0.05) is 13.1 Å². The average Bonchev–Trinajstić information content (AvgIpc) is 2.71. The Labute approximate surface area is 175 Å². The summed E-state index contributed by atoms with van der Waals surface area (Å²) in [6.45, 7) is 11.9. The lowest BCUT2D eigenvalue weighted by atomic mass is 10.1. The van der Waals surface area contributed by atoms with Crippen LogP contribution < -0.4 is 15.0 Å². The van der Waals surface area contributed by atoms with Crippen molar-refractivity contribution in [2.45, 2.75) is 65.9 Å². The molecular weight excluding hydrogens is 366 g/mol. The van der Waals surface area contributed by atoms with Gasteiger partial charge in [0.05, 0.1) is 5.69 Å². The normalized spacial score (nSPS) is 16.0. The van der Waals surface area contributed by atoms with Crippen LogP contribution in [0.1, 0.15) is 58.4 Å². The molecule has 1 N–H and O–H groups in total. The van der Waals surface area contributed by atoms with Gasteiger partial charge in [0.1, 0.15) is 12.3 Å². The number of anilines is 1. The lowest BCUT2D eigenvalue weighted by molar-refractivity contribution is -0.129. The average molecular weight is 404 g/mol. The number of carbonyl (C=O) groups excluding carboxylic acids is 2. The fourth-order valence-corrected chi connectivity index (χ4v) is 3.51. The molecule has 1 heterocycles. The summed E-state index contributed by atoms with van der Waals surface area (Å²) in [6, 6.07) is 5.74. The third-order valence-corrected chi connectivity index (χ3v) is 5.29. The standard InChI is InChI=1S/C23H37N3O3/c1-5-8-13-25(14-9-6-2)15-12-24-22(27)17-26-19-16-18(4)10-11-21(19)29-20(7-3)23(26)28/h10-11,16,20H,5-9,12-15,17H2,1-4H3,(H,24,27). The number of fused-ring (bicyclic) bond motifs is 1. The molecule has 2 amide bonds. The van der Waals surface area contributed by atoms with Crippen LogP contribution in [-0.4, -0.2) is 55.5 Å². The number of unbranched alkanes of at least 4 members (excludes halogenated alkanes) is 2. The molecule has 6 nitrogen and oxygen atoms in total. The summed E-state index contributed by atoms with van der Waals surface area (Å²) in [6.07, 6.45) is 4.74. The first-order chi connectivity index (χ1) is 14.0. The van der Waals surface area contributed by atoms with Crippen LogP contribution in [0.15, 0.2) is 18.2 Å². The number of hydrogen-bond donors (Lipinski definition) is 1. The molecule has 0 fully saturated rings. The maximum atomic E-state index is 12.8. The first kappa shape index (κ1) is 23.2. The summed E-state index contributed by atoms with van der Waals surface area (Å²) in [5.74, 6) is 0.391. The number of nitrogens with zero attached hydrogens (tertiary/aromatic N) is 2. The molecule has 162 valence electrons. The van der Waals surface area contributed by atoms with Crippen LogP contribution in [0, 0.1) is 6.92 Å². The Kier molecular flexibility index (Phi) is 9.45. The van der Waals surface area contributed by atoms with E-state index >= 15 is 0 Å². The molecule has 1 aromatic rings. The number of rotatable bonds is 12. The Hall–Kier alpha value is -2.08. The van der Waals surface area contributed by atoms with Crippen LogP contribution in [0.3, 0.4) is 0 Å². The minimum absolute atomic E-state index is 0.0269. The zero-order valence-electron chi connectivity index (χ0n) is 18.5. The summed E-state index contributed by atoms with van der Waals surface area (Å²) in [5.41, 5.74) is 1.71. The van der Waals surface area contributed by atoms with Gasteiger partial charge in [0.25, 0.3) is 5.91 Å². The van der Waals surface area contributed by atoms with Gasteiger partial charge in [-0.25, -0.2) is 0 Å². The zero-order valence-corrected chi connectivity index (χ0v) is 18.5. The van der Waals surface area contributed by atoms with Crippen molar-refractivity contribution in [3.63, 3.8) is 0 Å². The van der Waals surface area contributed by atoms with Gasteiger partial charge >= 0.3 is 0 Å². The molecule has 0 saturated heterocycles. The summed E-state index contributed by atoms with van der Waals surface area (Å²) in [5, 5.41) is 3.00. The lowest BCUT2D eigenvalue weighted by Gasteiger charge is -2.34. The molecule has 29 heavy (non-hydrogen) atoms. The SMILES string of the molecule is CCCCN(CCCC)CCNC(=O)CN1C(=O)C(CC)Oc2ccc(C)cc21. The van der Waals surface area contributed by atoms with Gasteiger partial charge < -0.3 is 15.0 Å². The number of nitrogens with one attached hydrogen (secondary N) is 1. The number of aryl methyl sites for hydroxylation is 1. The maximum absolute atomic E-state index is 12.8. The summed E-state index contributed by atoms with van der Waals surface area (Å²) < 4.78 is 5.82. The van der Waals surface area contributed by atoms with Crippen molar-refractivity contribution in [2.75, 3.05) is 37.6 Å². The van der Waals surface area contributed by atoms with E-state index in [1.165, 1.54) is 25.7 Å². The second kappa shape index (κ2) is 11.8. The molecule has 0 spiro atoms. The minimum Gasteiger partial charge on any atom is -0.478 e. The van der Waals surface area contributed by atoms with Crippen molar-refractivity contribution < 1.29 is 14.3 Å². The largest absolute Gasteiger partial charge is 0.478 e. The molecule has 0 saturated carbocycles. The number of amides is 2. The van der Waals surface area contributed by atoms with E-state index in [1.807, 2.05) is 32.0 Å². The van der Waals surface area contributed by atoms with Crippen molar-refractivity contribution in [2.24, 2.45) is 0 Å². The van der Waals surface area contributed by atoms with Crippen molar-refractivity contribution in [1.29, 1.82) is 0 Å². The van der Waals surface area contributed by atoms with Crippen molar-refractivity contribution in [1.82, 2.24) is 10.2 Å². The van der Waals surface area contributed by atoms with Gasteiger partial charge in [-0.1, -0.05) is 39.7 Å². The van der Waals surface area contributed by atoms with E-state index in [0.717, 1.165) is 25.2 Å². The molecule has 1 atom stereocenters. The summed E-state index contributed by atoms with van der Waals surface area (Å²) in [7, 11) is 0. The van der Waals surface area contributed by atoms with Crippen LogP contribution in [0.4, 0.5) is 5.69 Å². The van der Waals surface area contributed by atoms with Crippen LogP contribution >= 0.6 is 0 Å². The van der Waals surface area contributed by atoms with E-state index in [9.17, 15) is 9.59 Å². The van der Waals surface area contributed by atoms with Gasteiger partial charge in [-0.05, 0) is 57.0 Å². The maximum Gasteiger partial charge on any atom is 0.268 e. The predicted octanol–water partition coefficient (Wildman–Crippen LogP) is 3.52. The van der Waals surface area contributed by atoms with Gasteiger partial charge in [0.2, 0.25) is 5.91 Å². The fourth-order valence-electron chi connectivity index (χ4n) is 3.51. The molecule has 1 unspecified atom stereocenters. The monoisotopic (exact) mass is 403 g/mol. The highest BCUT2D eigenvalue weighted by molar-refractivity contribution is 6.03. The fraction of sp³-hybridized carbons (Fsp3) is 0.652. The number of benzene rings is 1. The van der Waals surface area contributed by atoms with E-state index in [2.05, 4.69) is 24.1 Å². The van der Waals surface area contributed by atoms with E-state index in [0.29, 0.717) is 24.4 Å². The highest BCUT2D eigenvalue weighted by Crippen LogP contribution is 2.35. The Morgan fingerprint density at radius 1 is 1.14 bits per heavy atom. The second-order valence-corrected chi connectivity index (χ2v) is 7.81. The highest BCUT2D eigenvalue weighted by atomic mass is 16.5. The first-order valence-corrected chi connectivity index (χ1v) is 11.1. The molecule has 1 aromatic carbocycles. The van der Waals surface area contributed by atoms with Crippen molar-refractivity contribution in [3.05, 3.63) is 23.8 Å². The number of ether oxygens (including phenoxy) is 1. The van der Waals surface area contributed by atoms with Crippen molar-refractivity contribution >= 4 is 17.5 Å². The predicted molar refractivity (Wildman–Crippen MR) is 118 cm³/mol. The van der Waals surface area contributed by atoms with Gasteiger partial charge in [-0.3, -0.25) is 14.5 Å². The Bertz CT molecular complexity index is 669. The van der Waals surface area contributed by atoms with Crippen LogP contribution in [0.25, 0.3) is 0 Å². The quantitative estimate of drug-likeness (QED) is 0.580. The summed E-state index contributed by atoms with van der Waals surface area (Å²) in [4.78, 5) is 29.4. The highest BCUT2D eigenvalue weighted by Gasteiger charge is 2.34. The molecule has 2 rings (SSSR count). The van der Waals surface area contributed by atoms with Gasteiger partial charge in [0.15, 0.2) is 6.10 Å². The molecule has 6 heteroatoms. The van der Waals surface area contributed by atoms with Crippen LogP contribution in [0.5, 0.6) is 5.75 Å². The minimum atomic E-state index is -0.531. The van der Waals surface area contributed by atoms with Gasteiger partial charge in [-0.15, -0.1) is 0 Å². The first-order valence-electron chi connectivity index (χ1n) is 11.1. The van der Waals surface area contributed by atoms with Gasteiger partial charge in [-0.2, -0.15) is 0 Å². The smallest absolute Gasteiger partial charge is 0.268 e. The third-order valence-electron chi connectivity index (χ3n) is 5.29. The Morgan fingerprint density at radius 2 is 1.83 bits per heavy atom. The van der Waals surface area contributed by atoms with E-state index in [4.69, 9.17) is 4.74 Å². The molecule has 0 aromatic heterocycles.